The molecule has 0 aromatic rings. The average Bonchev–Trinajstić information content (AvgIpc) is 2.79. The molecular weight excluding hydrogens is 264 g/mol. The van der Waals surface area contributed by atoms with Gasteiger partial charge in [-0.1, -0.05) is 47.5 Å². The van der Waals surface area contributed by atoms with E-state index in [1.807, 2.05) is 0 Å². The van der Waals surface area contributed by atoms with Gasteiger partial charge >= 0.3 is 0 Å². The smallest absolute Gasteiger partial charge is 0.0269 e. The van der Waals surface area contributed by atoms with E-state index in [1.165, 1.54) is 64.2 Å². The largest absolute Gasteiger partial charge is 0.0654 e. The van der Waals surface area contributed by atoms with E-state index in [2.05, 4.69) is 34.6 Å². The Morgan fingerprint density at radius 2 is 1.50 bits per heavy atom. The van der Waals surface area contributed by atoms with E-state index < -0.39 is 0 Å². The Hall–Kier alpha value is 0. The van der Waals surface area contributed by atoms with Crippen molar-refractivity contribution in [1.29, 1.82) is 0 Å². The normalized spacial score (nSPS) is 52.5. The summed E-state index contributed by atoms with van der Waals surface area (Å²) >= 11 is 0. The summed E-state index contributed by atoms with van der Waals surface area (Å²) in [4.78, 5) is 0. The topological polar surface area (TPSA) is 0 Å². The van der Waals surface area contributed by atoms with Crippen molar-refractivity contribution in [1.82, 2.24) is 0 Å². The molecular formula is C22H40. The van der Waals surface area contributed by atoms with Gasteiger partial charge in [-0.2, -0.15) is 0 Å². The standard InChI is InChI=1S/C22H40/c1-6-7-18-10-13-21(4,14-11-18)19-12-15-22(5)16(2)8-9-20(22)17(19)3/h16-20H,6-15H2,1-5H3. The number of hydrogen-bond donors (Lipinski definition) is 0. The van der Waals surface area contributed by atoms with Crippen LogP contribution >= 0.6 is 0 Å². The van der Waals surface area contributed by atoms with Crippen LogP contribution < -0.4 is 0 Å². The molecule has 3 fully saturated rings. The third-order valence-electron chi connectivity index (χ3n) is 8.99. The Morgan fingerprint density at radius 3 is 2.14 bits per heavy atom. The van der Waals surface area contributed by atoms with Crippen molar-refractivity contribution in [2.75, 3.05) is 0 Å². The van der Waals surface area contributed by atoms with E-state index in [1.54, 1.807) is 0 Å². The lowest BCUT2D eigenvalue weighted by molar-refractivity contribution is -0.0475. The maximum atomic E-state index is 2.66. The maximum Gasteiger partial charge on any atom is -0.0269 e. The summed E-state index contributed by atoms with van der Waals surface area (Å²) in [6.45, 7) is 12.8. The van der Waals surface area contributed by atoms with E-state index in [0.29, 0.717) is 10.8 Å². The van der Waals surface area contributed by atoms with Crippen molar-refractivity contribution in [2.45, 2.75) is 98.8 Å². The molecule has 3 saturated carbocycles. The molecule has 3 aliphatic rings. The molecule has 0 radical (unpaired) electrons. The second kappa shape index (κ2) is 6.14. The van der Waals surface area contributed by atoms with Gasteiger partial charge in [0, 0.05) is 0 Å². The number of hydrogen-bond acceptors (Lipinski definition) is 0. The van der Waals surface area contributed by atoms with Crippen LogP contribution in [-0.2, 0) is 0 Å². The van der Waals surface area contributed by atoms with Gasteiger partial charge in [0.05, 0.1) is 0 Å². The van der Waals surface area contributed by atoms with Gasteiger partial charge in [0.15, 0.2) is 0 Å². The van der Waals surface area contributed by atoms with Crippen molar-refractivity contribution in [3.8, 4) is 0 Å². The van der Waals surface area contributed by atoms with E-state index >= 15 is 0 Å². The van der Waals surface area contributed by atoms with E-state index in [0.717, 1.165) is 29.6 Å². The van der Waals surface area contributed by atoms with Crippen LogP contribution in [0.25, 0.3) is 0 Å². The first-order valence-corrected chi connectivity index (χ1v) is 10.4. The van der Waals surface area contributed by atoms with Crippen molar-refractivity contribution in [3.05, 3.63) is 0 Å². The molecule has 0 aromatic heterocycles. The molecule has 0 aromatic carbocycles. The molecule has 3 aliphatic carbocycles. The van der Waals surface area contributed by atoms with Crippen LogP contribution in [0.4, 0.5) is 0 Å². The van der Waals surface area contributed by atoms with Crippen LogP contribution in [-0.4, -0.2) is 0 Å². The van der Waals surface area contributed by atoms with E-state index in [-0.39, 0.29) is 0 Å². The third kappa shape index (κ3) is 2.67. The molecule has 0 spiro atoms. The van der Waals surface area contributed by atoms with Gasteiger partial charge in [-0.25, -0.2) is 0 Å². The molecule has 0 heterocycles. The second-order valence-electron chi connectivity index (χ2n) is 9.98. The second-order valence-corrected chi connectivity index (χ2v) is 9.98. The van der Waals surface area contributed by atoms with E-state index in [4.69, 9.17) is 0 Å². The Morgan fingerprint density at radius 1 is 0.818 bits per heavy atom. The van der Waals surface area contributed by atoms with E-state index in [9.17, 15) is 0 Å². The highest BCUT2D eigenvalue weighted by Gasteiger charge is 2.54. The van der Waals surface area contributed by atoms with Gasteiger partial charge in [0.2, 0.25) is 0 Å². The molecule has 5 unspecified atom stereocenters. The van der Waals surface area contributed by atoms with Gasteiger partial charge < -0.3 is 0 Å². The summed E-state index contributed by atoms with van der Waals surface area (Å²) in [7, 11) is 0. The molecule has 0 bridgehead atoms. The molecule has 0 amide bonds. The van der Waals surface area contributed by atoms with Gasteiger partial charge in [0.25, 0.3) is 0 Å². The molecule has 0 saturated heterocycles. The zero-order chi connectivity index (χ0) is 16.0. The minimum Gasteiger partial charge on any atom is -0.0654 e. The molecule has 5 atom stereocenters. The summed E-state index contributed by atoms with van der Waals surface area (Å²) in [6, 6.07) is 0. The van der Waals surface area contributed by atoms with Crippen LogP contribution in [0.15, 0.2) is 0 Å². The highest BCUT2D eigenvalue weighted by atomic mass is 14.6. The van der Waals surface area contributed by atoms with Crippen molar-refractivity contribution < 1.29 is 0 Å². The lowest BCUT2D eigenvalue weighted by atomic mass is 9.51. The fourth-order valence-electron chi connectivity index (χ4n) is 7.15. The Bertz CT molecular complexity index is 375. The highest BCUT2D eigenvalue weighted by molar-refractivity contribution is 5.03. The summed E-state index contributed by atoms with van der Waals surface area (Å²) in [5.41, 5.74) is 1.34. The molecule has 3 rings (SSSR count). The van der Waals surface area contributed by atoms with Gasteiger partial charge in [-0.3, -0.25) is 0 Å². The number of rotatable bonds is 3. The van der Waals surface area contributed by atoms with Crippen molar-refractivity contribution in [2.24, 2.45) is 40.4 Å². The lowest BCUT2D eigenvalue weighted by Crippen LogP contribution is -2.46. The van der Waals surface area contributed by atoms with Crippen LogP contribution in [0.2, 0.25) is 0 Å². The molecule has 0 nitrogen and oxygen atoms in total. The molecule has 0 aliphatic heterocycles. The first-order valence-electron chi connectivity index (χ1n) is 10.4. The fourth-order valence-corrected chi connectivity index (χ4v) is 7.15. The summed E-state index contributed by atoms with van der Waals surface area (Å²) < 4.78 is 0. The minimum absolute atomic E-state index is 0.664. The number of fused-ring (bicyclic) bond motifs is 1. The first-order chi connectivity index (χ1) is 10.4. The van der Waals surface area contributed by atoms with Crippen LogP contribution in [0.5, 0.6) is 0 Å². The monoisotopic (exact) mass is 304 g/mol. The van der Waals surface area contributed by atoms with Crippen molar-refractivity contribution >= 4 is 0 Å². The summed E-state index contributed by atoms with van der Waals surface area (Å²) in [5, 5.41) is 0. The molecule has 0 N–H and O–H groups in total. The Balaban J connectivity index is 1.68. The first kappa shape index (κ1) is 16.8. The molecule has 128 valence electrons. The predicted octanol–water partition coefficient (Wildman–Crippen LogP) is 7.08. The highest BCUT2D eigenvalue weighted by Crippen LogP contribution is 2.63. The average molecular weight is 305 g/mol. The zero-order valence-electron chi connectivity index (χ0n) is 16.0. The summed E-state index contributed by atoms with van der Waals surface area (Å²) in [5.74, 6) is 5.02. The van der Waals surface area contributed by atoms with Gasteiger partial charge in [0.1, 0.15) is 0 Å². The minimum atomic E-state index is 0.664. The van der Waals surface area contributed by atoms with Crippen LogP contribution in [0.1, 0.15) is 98.8 Å². The van der Waals surface area contributed by atoms with Crippen LogP contribution in [0, 0.1) is 40.4 Å². The van der Waals surface area contributed by atoms with Crippen molar-refractivity contribution in [3.63, 3.8) is 0 Å². The maximum absolute atomic E-state index is 2.66. The SMILES string of the molecule is CCCC1CCC(C)(C2CCC3(C)C(C)CCC3C2C)CC1. The quantitative estimate of drug-likeness (QED) is 0.522. The van der Waals surface area contributed by atoms with Crippen LogP contribution in [0.3, 0.4) is 0 Å². The predicted molar refractivity (Wildman–Crippen MR) is 96.9 cm³/mol. The lowest BCUT2D eigenvalue weighted by Gasteiger charge is -2.54. The molecule has 22 heavy (non-hydrogen) atoms. The fraction of sp³-hybridized carbons (Fsp3) is 1.00. The van der Waals surface area contributed by atoms with Gasteiger partial charge in [-0.15, -0.1) is 0 Å². The van der Waals surface area contributed by atoms with Gasteiger partial charge in [-0.05, 0) is 91.8 Å². The summed E-state index contributed by atoms with van der Waals surface area (Å²) in [6.07, 6.45) is 15.0. The Kier molecular flexibility index (Phi) is 4.70. The Labute approximate surface area is 139 Å². The zero-order valence-corrected chi connectivity index (χ0v) is 16.0. The molecule has 0 heteroatoms. The third-order valence-corrected chi connectivity index (χ3v) is 8.99.